The van der Waals surface area contributed by atoms with Crippen LogP contribution in [0.25, 0.3) is 0 Å². The number of nitrogens with zero attached hydrogens (tertiary/aromatic N) is 1. The van der Waals surface area contributed by atoms with Crippen molar-refractivity contribution < 1.29 is 44.3 Å². The third-order valence-corrected chi connectivity index (χ3v) is 7.07. The maximum Gasteiger partial charge on any atom is 0.303 e. The number of likely N-dealkylation sites (N-methyl/N-ethyl adjacent to an activating group) is 1. The van der Waals surface area contributed by atoms with E-state index in [9.17, 15) is 29.7 Å². The molecule has 222 valence electrons. The van der Waals surface area contributed by atoms with Crippen molar-refractivity contribution in [2.75, 3.05) is 7.05 Å². The maximum absolute atomic E-state index is 12.5. The van der Waals surface area contributed by atoms with Gasteiger partial charge < -0.3 is 34.8 Å². The fourth-order valence-electron chi connectivity index (χ4n) is 4.89. The van der Waals surface area contributed by atoms with Crippen LogP contribution in [0.1, 0.15) is 53.9 Å². The van der Waals surface area contributed by atoms with Crippen molar-refractivity contribution in [2.45, 2.75) is 90.6 Å². The minimum absolute atomic E-state index is 0.0159. The summed E-state index contributed by atoms with van der Waals surface area (Å²) in [7, 11) is 1.41. The second-order valence-corrected chi connectivity index (χ2v) is 10.8. The first-order valence-corrected chi connectivity index (χ1v) is 13.6. The molecule has 0 aromatic rings. The number of hydrogen-bond acceptors (Lipinski definition) is 8. The lowest BCUT2D eigenvalue weighted by atomic mass is 9.92. The number of carbonyl (C=O) groups excluding carboxylic acids is 2. The van der Waals surface area contributed by atoms with Crippen molar-refractivity contribution in [2.24, 2.45) is 11.8 Å². The van der Waals surface area contributed by atoms with Crippen LogP contribution in [0, 0.1) is 11.8 Å². The van der Waals surface area contributed by atoms with Crippen LogP contribution in [0.5, 0.6) is 0 Å². The Morgan fingerprint density at radius 3 is 2.30 bits per heavy atom. The summed E-state index contributed by atoms with van der Waals surface area (Å²) in [6.45, 7) is 9.82. The number of rotatable bonds is 12. The third-order valence-electron chi connectivity index (χ3n) is 7.07. The Balaban J connectivity index is 1.97. The van der Waals surface area contributed by atoms with Crippen LogP contribution in [0.2, 0.25) is 0 Å². The monoisotopic (exact) mass is 561 g/mol. The van der Waals surface area contributed by atoms with E-state index >= 15 is 0 Å². The number of Topliss-reactive ketones (excluding diaryl/α,β-unsaturated/α-hetero) is 1. The van der Waals surface area contributed by atoms with Gasteiger partial charge in [-0.05, 0) is 32.3 Å². The van der Waals surface area contributed by atoms with Crippen LogP contribution in [0.4, 0.5) is 0 Å². The molecule has 2 heterocycles. The zero-order valence-electron chi connectivity index (χ0n) is 24.1. The summed E-state index contributed by atoms with van der Waals surface area (Å²) in [6, 6.07) is -0.899. The number of carboxylic acids is 1. The number of allylic oxidation sites excluding steroid dienone is 7. The Hall–Kier alpha value is -3.05. The van der Waals surface area contributed by atoms with Crippen molar-refractivity contribution in [1.82, 2.24) is 4.90 Å². The van der Waals surface area contributed by atoms with Gasteiger partial charge in [0.2, 0.25) is 0 Å². The lowest BCUT2D eigenvalue weighted by molar-refractivity contribution is -0.267. The summed E-state index contributed by atoms with van der Waals surface area (Å²) in [5.41, 5.74) is 0.651. The van der Waals surface area contributed by atoms with Gasteiger partial charge in [0, 0.05) is 25.8 Å². The number of ether oxygens (including phenoxy) is 2. The Bertz CT molecular complexity index is 1060. The predicted molar refractivity (Wildman–Crippen MR) is 149 cm³/mol. The quantitative estimate of drug-likeness (QED) is 0.122. The highest BCUT2D eigenvalue weighted by Crippen LogP contribution is 2.28. The average Bonchev–Trinajstić information content (AvgIpc) is 3.08. The van der Waals surface area contributed by atoms with E-state index in [1.54, 1.807) is 19.1 Å². The zero-order valence-corrected chi connectivity index (χ0v) is 24.1. The number of aliphatic hydroxyl groups excluding tert-OH is 3. The first-order chi connectivity index (χ1) is 18.7. The Morgan fingerprint density at radius 1 is 1.10 bits per heavy atom. The van der Waals surface area contributed by atoms with Gasteiger partial charge >= 0.3 is 5.97 Å². The molecule has 0 bridgehead atoms. The summed E-state index contributed by atoms with van der Waals surface area (Å²) in [4.78, 5) is 36.9. The molecular formula is C30H43NO9. The van der Waals surface area contributed by atoms with Gasteiger partial charge in [-0.3, -0.25) is 14.4 Å². The molecule has 0 aliphatic carbocycles. The van der Waals surface area contributed by atoms with Crippen LogP contribution in [0.15, 0.2) is 59.4 Å². The van der Waals surface area contributed by atoms with Crippen molar-refractivity contribution in [3.05, 3.63) is 59.4 Å². The van der Waals surface area contributed by atoms with Gasteiger partial charge in [-0.2, -0.15) is 0 Å². The number of aliphatic hydroxyl groups is 3. The molecule has 10 heteroatoms. The molecule has 2 fully saturated rings. The van der Waals surface area contributed by atoms with E-state index in [1.807, 2.05) is 26.0 Å². The molecule has 0 saturated carbocycles. The van der Waals surface area contributed by atoms with E-state index in [0.29, 0.717) is 0 Å². The van der Waals surface area contributed by atoms with Gasteiger partial charge in [0.1, 0.15) is 17.4 Å². The average molecular weight is 562 g/mol. The van der Waals surface area contributed by atoms with Gasteiger partial charge in [-0.15, -0.1) is 0 Å². The molecule has 40 heavy (non-hydrogen) atoms. The Labute approximate surface area is 236 Å². The van der Waals surface area contributed by atoms with Crippen molar-refractivity contribution in [3.8, 4) is 0 Å². The zero-order chi connectivity index (χ0) is 30.1. The number of likely N-dealkylation sites (tertiary alicyclic amines) is 1. The van der Waals surface area contributed by atoms with Gasteiger partial charge in [0.05, 0.1) is 24.4 Å². The number of amides is 1. The van der Waals surface area contributed by atoms with Gasteiger partial charge in [-0.25, -0.2) is 0 Å². The minimum Gasteiger partial charge on any atom is -0.507 e. The molecule has 0 radical (unpaired) electrons. The summed E-state index contributed by atoms with van der Waals surface area (Å²) < 4.78 is 11.9. The van der Waals surface area contributed by atoms with E-state index in [2.05, 4.69) is 19.9 Å². The maximum atomic E-state index is 12.5. The third kappa shape index (κ3) is 8.99. The molecule has 4 N–H and O–H groups in total. The van der Waals surface area contributed by atoms with Gasteiger partial charge in [-0.1, -0.05) is 62.8 Å². The van der Waals surface area contributed by atoms with E-state index in [4.69, 9.17) is 14.6 Å². The molecule has 7 atom stereocenters. The smallest absolute Gasteiger partial charge is 0.303 e. The summed E-state index contributed by atoms with van der Waals surface area (Å²) in [6.07, 6.45) is 8.75. The molecule has 0 aromatic heterocycles. The number of carbonyl (C=O) groups is 3. The standard InChI is InChI=1S/C30H43NO9/c1-17(2)29(40-25-16-23(33)27(36)20(5)39-25)19(4)15-18(3)11-9-7-8-10-12-22(32)26-28(37)21(13-14-24(34)35)31(6)30(26)38/h7-12,15,17,19-21,23,25,27,29,32-33,36H,13-14,16H2,1-6H3,(H,34,35)/b8-7+,11-9+,12-10+,18-15+,26-22?/t19?,20-,21?,23+,25+,27-,29?/m1/s1. The molecule has 1 amide bonds. The summed E-state index contributed by atoms with van der Waals surface area (Å²) in [5, 5.41) is 39.1. The van der Waals surface area contributed by atoms with Crippen LogP contribution in [0.3, 0.4) is 0 Å². The van der Waals surface area contributed by atoms with E-state index in [0.717, 1.165) is 10.5 Å². The van der Waals surface area contributed by atoms with Crippen molar-refractivity contribution >= 4 is 17.7 Å². The fourth-order valence-corrected chi connectivity index (χ4v) is 4.89. The minimum atomic E-state index is -1.06. The van der Waals surface area contributed by atoms with Crippen LogP contribution in [-0.2, 0) is 23.9 Å². The molecule has 2 aliphatic rings. The highest BCUT2D eigenvalue weighted by molar-refractivity contribution is 6.26. The van der Waals surface area contributed by atoms with Crippen molar-refractivity contribution in [3.63, 3.8) is 0 Å². The van der Waals surface area contributed by atoms with Crippen LogP contribution < -0.4 is 0 Å². The lowest BCUT2D eigenvalue weighted by Crippen LogP contribution is -2.49. The van der Waals surface area contributed by atoms with Crippen LogP contribution >= 0.6 is 0 Å². The lowest BCUT2D eigenvalue weighted by Gasteiger charge is -2.38. The molecule has 3 unspecified atom stereocenters. The summed E-state index contributed by atoms with van der Waals surface area (Å²) >= 11 is 0. The molecule has 0 aromatic carbocycles. The molecule has 10 nitrogen and oxygen atoms in total. The Morgan fingerprint density at radius 2 is 1.73 bits per heavy atom. The van der Waals surface area contributed by atoms with Crippen LogP contribution in [-0.4, -0.2) is 86.8 Å². The topological polar surface area (TPSA) is 154 Å². The van der Waals surface area contributed by atoms with Gasteiger partial charge in [0.25, 0.3) is 5.91 Å². The SMILES string of the molecule is CC(/C=C/C=C/C=C/C(O)=C1C(=O)C(CCC(=O)O)N(C)C1=O)=C\C(C)C(O[C@H]1C[C@H](O)[C@H](O)[C@@H](C)O1)C(C)C. The number of hydrogen-bond donors (Lipinski definition) is 4. The number of ketones is 1. The van der Waals surface area contributed by atoms with Gasteiger partial charge in [0.15, 0.2) is 12.1 Å². The number of aliphatic carboxylic acids is 1. The summed E-state index contributed by atoms with van der Waals surface area (Å²) in [5.74, 6) is -2.52. The van der Waals surface area contributed by atoms with E-state index in [-0.39, 0.29) is 42.8 Å². The molecule has 2 saturated heterocycles. The fraction of sp³-hybridized carbons (Fsp3) is 0.567. The molecule has 0 spiro atoms. The first-order valence-electron chi connectivity index (χ1n) is 13.6. The second kappa shape index (κ2) is 15.1. The first kappa shape index (κ1) is 33.2. The van der Waals surface area contributed by atoms with E-state index in [1.165, 1.54) is 19.2 Å². The largest absolute Gasteiger partial charge is 0.507 e. The number of carboxylic acid groups (broad SMARTS) is 1. The highest BCUT2D eigenvalue weighted by Gasteiger charge is 2.42. The second-order valence-electron chi connectivity index (χ2n) is 10.8. The van der Waals surface area contributed by atoms with Crippen molar-refractivity contribution in [1.29, 1.82) is 0 Å². The normalized spacial score (nSPS) is 29.4. The Kier molecular flexibility index (Phi) is 12.5. The predicted octanol–water partition coefficient (Wildman–Crippen LogP) is 3.22. The molecule has 2 aliphatic heterocycles. The molecular weight excluding hydrogens is 518 g/mol. The van der Waals surface area contributed by atoms with E-state index < -0.39 is 54.1 Å². The highest BCUT2D eigenvalue weighted by atomic mass is 16.7. The molecule has 2 rings (SSSR count).